The zero-order valence-corrected chi connectivity index (χ0v) is 12.2. The fraction of sp³-hybridized carbons (Fsp3) is 0.600. The molecule has 0 aromatic heterocycles. The molecule has 1 fully saturated rings. The average Bonchev–Trinajstić information content (AvgIpc) is 2.39. The average molecular weight is 263 g/mol. The van der Waals surface area contributed by atoms with Gasteiger partial charge in [-0.25, -0.2) is 0 Å². The molecule has 1 aliphatic heterocycles. The first-order valence-corrected chi connectivity index (χ1v) is 7.08. The molecule has 0 spiro atoms. The lowest BCUT2D eigenvalue weighted by atomic mass is 10.2. The standard InChI is InChI=1S/C15H25N3O/c1-12(2)19-15-7-5-4-6-14(15)18-10-8-17(9-11-18)13(3)16/h4-7,12-13H,8-11,16H2,1-3H3. The van der Waals surface area contributed by atoms with Crippen molar-refractivity contribution >= 4 is 5.69 Å². The Morgan fingerprint density at radius 3 is 2.26 bits per heavy atom. The summed E-state index contributed by atoms with van der Waals surface area (Å²) in [4.78, 5) is 4.69. The van der Waals surface area contributed by atoms with Gasteiger partial charge in [0.05, 0.1) is 18.0 Å². The highest BCUT2D eigenvalue weighted by Crippen LogP contribution is 2.29. The summed E-state index contributed by atoms with van der Waals surface area (Å²) in [6, 6.07) is 8.28. The Labute approximate surface area is 116 Å². The number of ether oxygens (including phenoxy) is 1. The van der Waals surface area contributed by atoms with E-state index in [1.54, 1.807) is 0 Å². The molecular formula is C15H25N3O. The van der Waals surface area contributed by atoms with Crippen molar-refractivity contribution in [1.29, 1.82) is 0 Å². The Kier molecular flexibility index (Phi) is 4.66. The maximum Gasteiger partial charge on any atom is 0.142 e. The Morgan fingerprint density at radius 1 is 1.05 bits per heavy atom. The van der Waals surface area contributed by atoms with Gasteiger partial charge in [-0.05, 0) is 32.9 Å². The van der Waals surface area contributed by atoms with Crippen molar-refractivity contribution in [3.05, 3.63) is 24.3 Å². The maximum absolute atomic E-state index is 5.93. The van der Waals surface area contributed by atoms with Crippen molar-refractivity contribution in [2.24, 2.45) is 5.73 Å². The predicted octanol–water partition coefficient (Wildman–Crippen LogP) is 1.90. The van der Waals surface area contributed by atoms with Gasteiger partial charge >= 0.3 is 0 Å². The third kappa shape index (κ3) is 3.61. The Balaban J connectivity index is 2.06. The van der Waals surface area contributed by atoms with Crippen molar-refractivity contribution in [2.45, 2.75) is 33.0 Å². The van der Waals surface area contributed by atoms with Crippen LogP contribution in [0.5, 0.6) is 5.75 Å². The van der Waals surface area contributed by atoms with Crippen LogP contribution in [0.25, 0.3) is 0 Å². The van der Waals surface area contributed by atoms with Crippen LogP contribution in [-0.2, 0) is 0 Å². The van der Waals surface area contributed by atoms with Crippen LogP contribution in [0, 0.1) is 0 Å². The maximum atomic E-state index is 5.93. The summed E-state index contributed by atoms with van der Waals surface area (Å²) >= 11 is 0. The fourth-order valence-corrected chi connectivity index (χ4v) is 2.44. The molecule has 0 amide bonds. The molecule has 4 heteroatoms. The molecule has 1 aromatic carbocycles. The van der Waals surface area contributed by atoms with Gasteiger partial charge in [-0.1, -0.05) is 12.1 Å². The summed E-state index contributed by atoms with van der Waals surface area (Å²) in [6.07, 6.45) is 0.343. The van der Waals surface area contributed by atoms with E-state index in [9.17, 15) is 0 Å². The van der Waals surface area contributed by atoms with Crippen LogP contribution >= 0.6 is 0 Å². The molecule has 2 N–H and O–H groups in total. The van der Waals surface area contributed by atoms with Gasteiger partial charge in [0.2, 0.25) is 0 Å². The molecule has 1 heterocycles. The van der Waals surface area contributed by atoms with Crippen LogP contribution in [0.4, 0.5) is 5.69 Å². The van der Waals surface area contributed by atoms with E-state index in [4.69, 9.17) is 10.5 Å². The van der Waals surface area contributed by atoms with Crippen molar-refractivity contribution < 1.29 is 4.74 Å². The molecule has 19 heavy (non-hydrogen) atoms. The van der Waals surface area contributed by atoms with E-state index in [-0.39, 0.29) is 12.3 Å². The second-order valence-electron chi connectivity index (χ2n) is 5.40. The van der Waals surface area contributed by atoms with Crippen molar-refractivity contribution in [2.75, 3.05) is 31.1 Å². The van der Waals surface area contributed by atoms with E-state index in [0.717, 1.165) is 31.9 Å². The number of para-hydroxylation sites is 2. The van der Waals surface area contributed by atoms with E-state index in [1.165, 1.54) is 5.69 Å². The third-order valence-electron chi connectivity index (χ3n) is 3.46. The second kappa shape index (κ2) is 6.26. The van der Waals surface area contributed by atoms with Crippen LogP contribution in [0.2, 0.25) is 0 Å². The van der Waals surface area contributed by atoms with Crippen LogP contribution in [0.3, 0.4) is 0 Å². The molecule has 0 radical (unpaired) electrons. The van der Waals surface area contributed by atoms with E-state index >= 15 is 0 Å². The molecule has 1 unspecified atom stereocenters. The van der Waals surface area contributed by atoms with Gasteiger partial charge in [-0.2, -0.15) is 0 Å². The molecule has 0 bridgehead atoms. The number of hydrogen-bond donors (Lipinski definition) is 1. The minimum absolute atomic E-state index is 0.143. The molecule has 4 nitrogen and oxygen atoms in total. The number of rotatable bonds is 4. The van der Waals surface area contributed by atoms with E-state index in [2.05, 4.69) is 35.8 Å². The summed E-state index contributed by atoms with van der Waals surface area (Å²) in [7, 11) is 0. The predicted molar refractivity (Wildman–Crippen MR) is 79.6 cm³/mol. The Morgan fingerprint density at radius 2 is 1.68 bits per heavy atom. The summed E-state index contributed by atoms with van der Waals surface area (Å²) in [5.41, 5.74) is 7.12. The van der Waals surface area contributed by atoms with Gasteiger partial charge in [0.15, 0.2) is 0 Å². The van der Waals surface area contributed by atoms with Crippen LogP contribution in [-0.4, -0.2) is 43.3 Å². The fourth-order valence-electron chi connectivity index (χ4n) is 2.44. The normalized spacial score (nSPS) is 18.7. The lowest BCUT2D eigenvalue weighted by Gasteiger charge is -2.38. The molecule has 1 saturated heterocycles. The first-order chi connectivity index (χ1) is 9.08. The number of nitrogens with zero attached hydrogens (tertiary/aromatic N) is 2. The SMILES string of the molecule is CC(C)Oc1ccccc1N1CCN(C(C)N)CC1. The highest BCUT2D eigenvalue weighted by Gasteiger charge is 2.21. The molecule has 1 atom stereocenters. The second-order valence-corrected chi connectivity index (χ2v) is 5.40. The minimum atomic E-state index is 0.143. The van der Waals surface area contributed by atoms with Crippen LogP contribution in [0.1, 0.15) is 20.8 Å². The Bertz CT molecular complexity index is 398. The first-order valence-electron chi connectivity index (χ1n) is 7.08. The highest BCUT2D eigenvalue weighted by molar-refractivity contribution is 5.58. The summed E-state index contributed by atoms with van der Waals surface area (Å²) in [5, 5.41) is 0. The van der Waals surface area contributed by atoms with Crippen molar-refractivity contribution in [3.63, 3.8) is 0 Å². The molecule has 1 aliphatic rings. The number of piperazine rings is 1. The highest BCUT2D eigenvalue weighted by atomic mass is 16.5. The quantitative estimate of drug-likeness (QED) is 0.901. The van der Waals surface area contributed by atoms with Gasteiger partial charge in [-0.3, -0.25) is 4.90 Å². The number of anilines is 1. The van der Waals surface area contributed by atoms with E-state index < -0.39 is 0 Å². The van der Waals surface area contributed by atoms with Crippen molar-refractivity contribution in [3.8, 4) is 5.75 Å². The summed E-state index contributed by atoms with van der Waals surface area (Å²) in [6.45, 7) is 10.2. The molecule has 0 saturated carbocycles. The smallest absolute Gasteiger partial charge is 0.142 e. The number of nitrogens with two attached hydrogens (primary N) is 1. The van der Waals surface area contributed by atoms with Crippen LogP contribution in [0.15, 0.2) is 24.3 Å². The number of benzene rings is 1. The molecule has 0 aliphatic carbocycles. The monoisotopic (exact) mass is 263 g/mol. The topological polar surface area (TPSA) is 41.7 Å². The van der Waals surface area contributed by atoms with Gasteiger partial charge in [-0.15, -0.1) is 0 Å². The van der Waals surface area contributed by atoms with Gasteiger partial charge in [0.1, 0.15) is 5.75 Å². The lowest BCUT2D eigenvalue weighted by molar-refractivity contribution is 0.199. The van der Waals surface area contributed by atoms with Gasteiger partial charge in [0, 0.05) is 26.2 Å². The molecule has 2 rings (SSSR count). The minimum Gasteiger partial charge on any atom is -0.489 e. The molecular weight excluding hydrogens is 238 g/mol. The Hall–Kier alpha value is -1.26. The lowest BCUT2D eigenvalue weighted by Crippen LogP contribution is -2.52. The van der Waals surface area contributed by atoms with Gasteiger partial charge in [0.25, 0.3) is 0 Å². The zero-order valence-electron chi connectivity index (χ0n) is 12.2. The first kappa shape index (κ1) is 14.2. The molecule has 106 valence electrons. The molecule has 1 aromatic rings. The number of hydrogen-bond acceptors (Lipinski definition) is 4. The third-order valence-corrected chi connectivity index (χ3v) is 3.46. The largest absolute Gasteiger partial charge is 0.489 e. The van der Waals surface area contributed by atoms with E-state index in [1.807, 2.05) is 19.1 Å². The zero-order chi connectivity index (χ0) is 13.8. The summed E-state index contributed by atoms with van der Waals surface area (Å²) in [5.74, 6) is 0.978. The van der Waals surface area contributed by atoms with E-state index in [0.29, 0.717) is 0 Å². The van der Waals surface area contributed by atoms with Crippen molar-refractivity contribution in [1.82, 2.24) is 4.90 Å². The van der Waals surface area contributed by atoms with Gasteiger partial charge < -0.3 is 15.4 Å². The van der Waals surface area contributed by atoms with Crippen LogP contribution < -0.4 is 15.4 Å². The summed E-state index contributed by atoms with van der Waals surface area (Å²) < 4.78 is 5.89.